The first kappa shape index (κ1) is 23.2. The Bertz CT molecular complexity index is 1460. The molecule has 180 valence electrons. The van der Waals surface area contributed by atoms with Gasteiger partial charge in [-0.05, 0) is 67.8 Å². The molecule has 0 amide bonds. The van der Waals surface area contributed by atoms with Crippen LogP contribution < -0.4 is 4.74 Å². The summed E-state index contributed by atoms with van der Waals surface area (Å²) >= 11 is 0. The molecule has 1 aromatic heterocycles. The van der Waals surface area contributed by atoms with Crippen LogP contribution in [0.4, 0.5) is 0 Å². The standard InChI is InChI=1S/C26H26N4O4S/c1-19-13-14-25(24(17-19)30-27-22-11-4-5-12-23(22)28-30)34-26(31)20-9-8-10-21(18-20)35(32,33)29-15-6-2-3-7-16-29/h4-5,8-14,17-18H,2-3,6-7,15-16H2,1H3. The van der Waals surface area contributed by atoms with E-state index >= 15 is 0 Å². The van der Waals surface area contributed by atoms with Gasteiger partial charge in [0, 0.05) is 13.1 Å². The van der Waals surface area contributed by atoms with Crippen molar-refractivity contribution in [2.45, 2.75) is 37.5 Å². The molecule has 2 heterocycles. The van der Waals surface area contributed by atoms with E-state index in [0.717, 1.165) is 42.3 Å². The summed E-state index contributed by atoms with van der Waals surface area (Å²) in [7, 11) is -3.68. The van der Waals surface area contributed by atoms with Gasteiger partial charge in [-0.1, -0.05) is 37.1 Å². The molecule has 0 unspecified atom stereocenters. The molecule has 1 saturated heterocycles. The number of esters is 1. The second-order valence-electron chi connectivity index (χ2n) is 8.68. The Morgan fingerprint density at radius 3 is 2.23 bits per heavy atom. The number of hydrogen-bond donors (Lipinski definition) is 0. The smallest absolute Gasteiger partial charge is 0.343 e. The van der Waals surface area contributed by atoms with E-state index in [2.05, 4.69) is 10.2 Å². The van der Waals surface area contributed by atoms with E-state index in [1.165, 1.54) is 21.2 Å². The summed E-state index contributed by atoms with van der Waals surface area (Å²) in [4.78, 5) is 14.6. The maximum absolute atomic E-state index is 13.2. The first-order chi connectivity index (χ1) is 16.9. The van der Waals surface area contributed by atoms with Gasteiger partial charge in [-0.25, -0.2) is 13.2 Å². The predicted molar refractivity (Wildman–Crippen MR) is 132 cm³/mol. The van der Waals surface area contributed by atoms with E-state index < -0.39 is 16.0 Å². The molecule has 1 fully saturated rings. The van der Waals surface area contributed by atoms with Crippen LogP contribution in [0.15, 0.2) is 71.6 Å². The topological polar surface area (TPSA) is 94.4 Å². The fourth-order valence-electron chi connectivity index (χ4n) is 4.21. The number of aromatic nitrogens is 3. The van der Waals surface area contributed by atoms with Crippen molar-refractivity contribution in [2.24, 2.45) is 0 Å². The third-order valence-electron chi connectivity index (χ3n) is 6.09. The van der Waals surface area contributed by atoms with E-state index in [1.807, 2.05) is 43.3 Å². The van der Waals surface area contributed by atoms with Crippen molar-refractivity contribution in [3.05, 3.63) is 77.9 Å². The molecule has 0 atom stereocenters. The largest absolute Gasteiger partial charge is 0.421 e. The maximum Gasteiger partial charge on any atom is 0.343 e. The minimum atomic E-state index is -3.68. The molecule has 5 rings (SSSR count). The van der Waals surface area contributed by atoms with E-state index in [0.29, 0.717) is 18.8 Å². The molecule has 35 heavy (non-hydrogen) atoms. The Labute approximate surface area is 204 Å². The lowest BCUT2D eigenvalue weighted by Crippen LogP contribution is -2.32. The first-order valence-corrected chi connectivity index (χ1v) is 13.1. The lowest BCUT2D eigenvalue weighted by atomic mass is 10.2. The van der Waals surface area contributed by atoms with E-state index in [-0.39, 0.29) is 16.2 Å². The molecule has 0 radical (unpaired) electrons. The van der Waals surface area contributed by atoms with Crippen LogP contribution in [0.5, 0.6) is 5.75 Å². The van der Waals surface area contributed by atoms with Gasteiger partial charge in [-0.2, -0.15) is 4.31 Å². The fraction of sp³-hybridized carbons (Fsp3) is 0.269. The number of ether oxygens (including phenoxy) is 1. The Kier molecular flexibility index (Phi) is 6.36. The van der Waals surface area contributed by atoms with Crippen molar-refractivity contribution in [3.8, 4) is 11.4 Å². The summed E-state index contributed by atoms with van der Waals surface area (Å²) in [5.74, 6) is -0.374. The highest BCUT2D eigenvalue weighted by Gasteiger charge is 2.26. The van der Waals surface area contributed by atoms with Crippen LogP contribution in [0, 0.1) is 6.92 Å². The lowest BCUT2D eigenvalue weighted by molar-refractivity contribution is 0.0734. The van der Waals surface area contributed by atoms with Crippen LogP contribution in [0.3, 0.4) is 0 Å². The SMILES string of the molecule is Cc1ccc(OC(=O)c2cccc(S(=O)(=O)N3CCCCCC3)c2)c(-n2nc3ccccc3n2)c1. The van der Waals surface area contributed by atoms with Gasteiger partial charge >= 0.3 is 5.97 Å². The average Bonchev–Trinajstić information content (AvgIpc) is 3.09. The maximum atomic E-state index is 13.2. The predicted octanol–water partition coefficient (Wildman–Crippen LogP) is 4.51. The number of hydrogen-bond acceptors (Lipinski definition) is 6. The Balaban J connectivity index is 1.44. The van der Waals surface area contributed by atoms with Gasteiger partial charge in [0.15, 0.2) is 5.75 Å². The Morgan fingerprint density at radius 2 is 1.54 bits per heavy atom. The normalized spacial score (nSPS) is 15.1. The monoisotopic (exact) mass is 490 g/mol. The summed E-state index contributed by atoms with van der Waals surface area (Å²) in [5, 5.41) is 9.00. The van der Waals surface area contributed by atoms with Gasteiger partial charge in [0.05, 0.1) is 10.5 Å². The minimum Gasteiger partial charge on any atom is -0.421 e. The van der Waals surface area contributed by atoms with Crippen LogP contribution in [0.1, 0.15) is 41.6 Å². The van der Waals surface area contributed by atoms with Crippen molar-refractivity contribution < 1.29 is 17.9 Å². The highest BCUT2D eigenvalue weighted by molar-refractivity contribution is 7.89. The number of sulfonamides is 1. The molecule has 1 aliphatic heterocycles. The van der Waals surface area contributed by atoms with Crippen molar-refractivity contribution in [3.63, 3.8) is 0 Å². The summed E-state index contributed by atoms with van der Waals surface area (Å²) in [6.07, 6.45) is 3.73. The molecule has 0 bridgehead atoms. The molecule has 3 aromatic carbocycles. The number of carbonyl (C=O) groups is 1. The molecule has 1 aliphatic rings. The quantitative estimate of drug-likeness (QED) is 0.302. The third-order valence-corrected chi connectivity index (χ3v) is 7.99. The molecular weight excluding hydrogens is 464 g/mol. The second kappa shape index (κ2) is 9.59. The van der Waals surface area contributed by atoms with Gasteiger partial charge in [0.25, 0.3) is 0 Å². The zero-order valence-corrected chi connectivity index (χ0v) is 20.2. The van der Waals surface area contributed by atoms with E-state index in [4.69, 9.17) is 4.74 Å². The average molecular weight is 491 g/mol. The van der Waals surface area contributed by atoms with Gasteiger partial charge in [-0.15, -0.1) is 15.0 Å². The Hall–Kier alpha value is -3.56. The van der Waals surface area contributed by atoms with Crippen molar-refractivity contribution >= 4 is 27.0 Å². The number of benzene rings is 3. The number of rotatable bonds is 5. The van der Waals surface area contributed by atoms with Gasteiger partial charge < -0.3 is 4.74 Å². The number of fused-ring (bicyclic) bond motifs is 1. The highest BCUT2D eigenvalue weighted by atomic mass is 32.2. The molecular formula is C26H26N4O4S. The number of carbonyl (C=O) groups excluding carboxylic acids is 1. The molecule has 8 nitrogen and oxygen atoms in total. The molecule has 0 aliphatic carbocycles. The minimum absolute atomic E-state index is 0.0953. The molecule has 0 saturated carbocycles. The van der Waals surface area contributed by atoms with Gasteiger partial charge in [0.2, 0.25) is 10.0 Å². The number of aryl methyl sites for hydroxylation is 1. The zero-order valence-electron chi connectivity index (χ0n) is 19.4. The molecule has 9 heteroatoms. The highest BCUT2D eigenvalue weighted by Crippen LogP contribution is 2.26. The van der Waals surface area contributed by atoms with Gasteiger partial charge in [0.1, 0.15) is 16.7 Å². The van der Waals surface area contributed by atoms with Crippen molar-refractivity contribution in [1.82, 2.24) is 19.3 Å². The summed E-state index contributed by atoms with van der Waals surface area (Å²) in [5.41, 5.74) is 3.07. The molecule has 0 spiro atoms. The van der Waals surface area contributed by atoms with Gasteiger partial charge in [-0.3, -0.25) is 0 Å². The molecule has 0 N–H and O–H groups in total. The summed E-state index contributed by atoms with van der Waals surface area (Å²) in [6, 6.07) is 18.9. The van der Waals surface area contributed by atoms with Crippen LogP contribution in [-0.2, 0) is 10.0 Å². The van der Waals surface area contributed by atoms with Crippen molar-refractivity contribution in [2.75, 3.05) is 13.1 Å². The van der Waals surface area contributed by atoms with Crippen LogP contribution >= 0.6 is 0 Å². The fourth-order valence-corrected chi connectivity index (χ4v) is 5.77. The summed E-state index contributed by atoms with van der Waals surface area (Å²) < 4.78 is 33.6. The third kappa shape index (κ3) is 4.82. The first-order valence-electron chi connectivity index (χ1n) is 11.7. The van der Waals surface area contributed by atoms with E-state index in [1.54, 1.807) is 18.2 Å². The lowest BCUT2D eigenvalue weighted by Gasteiger charge is -2.20. The van der Waals surface area contributed by atoms with Crippen molar-refractivity contribution in [1.29, 1.82) is 0 Å². The number of nitrogens with zero attached hydrogens (tertiary/aromatic N) is 4. The Morgan fingerprint density at radius 1 is 0.857 bits per heavy atom. The van der Waals surface area contributed by atoms with Crippen LogP contribution in [-0.4, -0.2) is 46.8 Å². The van der Waals surface area contributed by atoms with Crippen LogP contribution in [0.2, 0.25) is 0 Å². The van der Waals surface area contributed by atoms with Crippen LogP contribution in [0.25, 0.3) is 16.7 Å². The second-order valence-corrected chi connectivity index (χ2v) is 10.6. The summed E-state index contributed by atoms with van der Waals surface area (Å²) in [6.45, 7) is 2.92. The molecule has 4 aromatic rings. The van der Waals surface area contributed by atoms with E-state index in [9.17, 15) is 13.2 Å². The zero-order chi connectivity index (χ0) is 24.4.